The third-order valence-electron chi connectivity index (χ3n) is 12.0. The molecule has 2 heterocycles. The molecule has 0 atom stereocenters. The molecule has 2 aromatic heterocycles. The molecule has 0 unspecified atom stereocenters. The number of fused-ring (bicyclic) bond motifs is 7. The third kappa shape index (κ3) is 5.92. The lowest BCUT2D eigenvalue weighted by molar-refractivity contribution is 0.668. The quantitative estimate of drug-likeness (QED) is 0.153. The Morgan fingerprint density at radius 3 is 1.06 bits per heavy atom. The minimum absolute atomic E-state index is 0.848. The topological polar surface area (TPSA) is 32.8 Å². The van der Waals surface area contributed by atoms with Crippen LogP contribution in [0.2, 0.25) is 0 Å². The molecule has 0 fully saturated rings. The van der Waals surface area contributed by atoms with Crippen LogP contribution in [-0.2, 0) is 0 Å². The van der Waals surface area contributed by atoms with Crippen molar-refractivity contribution in [2.75, 3.05) is 9.80 Å². The molecule has 292 valence electrons. The molecule has 0 spiro atoms. The molecule has 12 rings (SSSR count). The van der Waals surface area contributed by atoms with Gasteiger partial charge in [0.2, 0.25) is 0 Å². The van der Waals surface area contributed by atoms with Gasteiger partial charge in [-0.1, -0.05) is 146 Å². The highest BCUT2D eigenvalue weighted by atomic mass is 16.3. The van der Waals surface area contributed by atoms with E-state index in [0.29, 0.717) is 0 Å². The zero-order chi connectivity index (χ0) is 41.0. The largest absolute Gasteiger partial charge is 0.456 e. The van der Waals surface area contributed by atoms with Crippen LogP contribution in [0.4, 0.5) is 34.1 Å². The molecule has 12 aromatic rings. The maximum absolute atomic E-state index is 6.49. The van der Waals surface area contributed by atoms with Crippen LogP contribution in [0.25, 0.3) is 76.9 Å². The molecule has 0 saturated heterocycles. The molecule has 4 nitrogen and oxygen atoms in total. The number of benzene rings is 10. The second kappa shape index (κ2) is 14.7. The Hall–Kier alpha value is -8.34. The van der Waals surface area contributed by atoms with Crippen molar-refractivity contribution in [1.29, 1.82) is 0 Å². The minimum atomic E-state index is 0.848. The molecule has 62 heavy (non-hydrogen) atoms. The van der Waals surface area contributed by atoms with Gasteiger partial charge in [-0.05, 0) is 107 Å². The second-order valence-corrected chi connectivity index (χ2v) is 15.7. The Morgan fingerprint density at radius 2 is 0.629 bits per heavy atom. The number of para-hydroxylation sites is 4. The Bertz CT molecular complexity index is 3340. The van der Waals surface area contributed by atoms with Crippen LogP contribution in [0.15, 0.2) is 239 Å². The number of hydrogen-bond acceptors (Lipinski definition) is 4. The first-order chi connectivity index (χ1) is 30.8. The van der Waals surface area contributed by atoms with Gasteiger partial charge in [0.1, 0.15) is 22.3 Å². The Kier molecular flexibility index (Phi) is 8.46. The van der Waals surface area contributed by atoms with Crippen molar-refractivity contribution < 1.29 is 8.83 Å². The monoisotopic (exact) mass is 794 g/mol. The highest BCUT2D eigenvalue weighted by Gasteiger charge is 2.26. The van der Waals surface area contributed by atoms with Gasteiger partial charge in [0, 0.05) is 33.3 Å². The zero-order valence-corrected chi connectivity index (χ0v) is 33.7. The Balaban J connectivity index is 1.19. The summed E-state index contributed by atoms with van der Waals surface area (Å²) < 4.78 is 13.0. The van der Waals surface area contributed by atoms with Gasteiger partial charge >= 0.3 is 0 Å². The molecular formula is C58H38N2O2. The number of rotatable bonds is 8. The van der Waals surface area contributed by atoms with E-state index in [-0.39, 0.29) is 0 Å². The highest BCUT2D eigenvalue weighted by Crippen LogP contribution is 2.50. The molecule has 0 aliphatic carbocycles. The lowest BCUT2D eigenvalue weighted by Crippen LogP contribution is -2.13. The van der Waals surface area contributed by atoms with Crippen LogP contribution in [0.3, 0.4) is 0 Å². The number of anilines is 6. The molecular weight excluding hydrogens is 757 g/mol. The van der Waals surface area contributed by atoms with Gasteiger partial charge in [0.05, 0.1) is 33.5 Å². The molecule has 0 radical (unpaired) electrons. The summed E-state index contributed by atoms with van der Waals surface area (Å²) in [5.41, 5.74) is 14.2. The fourth-order valence-electron chi connectivity index (χ4n) is 9.25. The standard InChI is InChI=1S/C58H38N2O2/c1-5-19-39(20-6-1)47-35-41-36-48(40-21-7-2-8-22-40)52(60(44-25-11-4-12-26-44)50-30-18-34-56-58(50)46-28-14-16-32-54(46)62-56)38-42(41)37-51(47)59(43-23-9-3-10-24-43)49-29-17-33-55-57(49)45-27-13-15-31-53(45)61-55/h1-38H. The van der Waals surface area contributed by atoms with Crippen LogP contribution >= 0.6 is 0 Å². The van der Waals surface area contributed by atoms with Gasteiger partial charge < -0.3 is 18.6 Å². The maximum atomic E-state index is 6.49. The summed E-state index contributed by atoms with van der Waals surface area (Å²) in [6.45, 7) is 0. The summed E-state index contributed by atoms with van der Waals surface area (Å²) in [6.07, 6.45) is 0. The second-order valence-electron chi connectivity index (χ2n) is 15.7. The third-order valence-corrected chi connectivity index (χ3v) is 12.0. The normalized spacial score (nSPS) is 11.5. The number of nitrogens with zero attached hydrogens (tertiary/aromatic N) is 2. The molecule has 0 bridgehead atoms. The van der Waals surface area contributed by atoms with Gasteiger partial charge in [-0.25, -0.2) is 0 Å². The van der Waals surface area contributed by atoms with E-state index in [2.05, 4.69) is 228 Å². The fourth-order valence-corrected chi connectivity index (χ4v) is 9.25. The zero-order valence-electron chi connectivity index (χ0n) is 33.7. The van der Waals surface area contributed by atoms with Crippen molar-refractivity contribution in [2.45, 2.75) is 0 Å². The van der Waals surface area contributed by atoms with Crippen molar-refractivity contribution in [3.05, 3.63) is 231 Å². The van der Waals surface area contributed by atoms with E-state index in [4.69, 9.17) is 8.83 Å². The molecule has 0 amide bonds. The minimum Gasteiger partial charge on any atom is -0.456 e. The van der Waals surface area contributed by atoms with Crippen LogP contribution < -0.4 is 9.80 Å². The predicted octanol–water partition coefficient (Wildman–Crippen LogP) is 16.9. The number of furan rings is 2. The van der Waals surface area contributed by atoms with E-state index >= 15 is 0 Å². The molecule has 0 aliphatic rings. The first kappa shape index (κ1) is 35.6. The van der Waals surface area contributed by atoms with Crippen LogP contribution in [0.1, 0.15) is 0 Å². The van der Waals surface area contributed by atoms with Gasteiger partial charge in [-0.3, -0.25) is 0 Å². The van der Waals surface area contributed by atoms with Crippen LogP contribution in [0, 0.1) is 0 Å². The maximum Gasteiger partial charge on any atom is 0.137 e. The summed E-state index contributed by atoms with van der Waals surface area (Å²) in [7, 11) is 0. The van der Waals surface area contributed by atoms with Crippen LogP contribution in [-0.4, -0.2) is 0 Å². The van der Waals surface area contributed by atoms with E-state index in [9.17, 15) is 0 Å². The van der Waals surface area contributed by atoms with Crippen LogP contribution in [0.5, 0.6) is 0 Å². The van der Waals surface area contributed by atoms with Crippen molar-refractivity contribution in [3.63, 3.8) is 0 Å². The van der Waals surface area contributed by atoms with Gasteiger partial charge in [0.15, 0.2) is 0 Å². The van der Waals surface area contributed by atoms with Gasteiger partial charge in [-0.2, -0.15) is 0 Å². The number of hydrogen-bond donors (Lipinski definition) is 0. The smallest absolute Gasteiger partial charge is 0.137 e. The van der Waals surface area contributed by atoms with E-state index in [1.54, 1.807) is 0 Å². The van der Waals surface area contributed by atoms with Crippen molar-refractivity contribution in [1.82, 2.24) is 0 Å². The Labute approximate surface area is 358 Å². The van der Waals surface area contributed by atoms with E-state index in [0.717, 1.165) is 111 Å². The first-order valence-electron chi connectivity index (χ1n) is 21.0. The van der Waals surface area contributed by atoms with Gasteiger partial charge in [-0.15, -0.1) is 0 Å². The van der Waals surface area contributed by atoms with Gasteiger partial charge in [0.25, 0.3) is 0 Å². The molecule has 0 aliphatic heterocycles. The van der Waals surface area contributed by atoms with Crippen molar-refractivity contribution >= 4 is 88.8 Å². The average molecular weight is 795 g/mol. The van der Waals surface area contributed by atoms with E-state index < -0.39 is 0 Å². The predicted molar refractivity (Wildman–Crippen MR) is 259 cm³/mol. The first-order valence-corrected chi connectivity index (χ1v) is 21.0. The Morgan fingerprint density at radius 1 is 0.274 bits per heavy atom. The molecule has 0 saturated carbocycles. The summed E-state index contributed by atoms with van der Waals surface area (Å²) in [5, 5.41) is 6.54. The average Bonchev–Trinajstić information content (AvgIpc) is 3.92. The lowest BCUT2D eigenvalue weighted by Gasteiger charge is -2.31. The van der Waals surface area contributed by atoms with E-state index in [1.807, 2.05) is 12.1 Å². The summed E-state index contributed by atoms with van der Waals surface area (Å²) in [4.78, 5) is 4.81. The van der Waals surface area contributed by atoms with E-state index in [1.165, 1.54) is 0 Å². The summed E-state index contributed by atoms with van der Waals surface area (Å²) >= 11 is 0. The van der Waals surface area contributed by atoms with Crippen molar-refractivity contribution in [3.8, 4) is 22.3 Å². The van der Waals surface area contributed by atoms with Crippen molar-refractivity contribution in [2.24, 2.45) is 0 Å². The SMILES string of the molecule is c1ccc(-c2cc3cc(-c4ccccc4)c(N(c4ccccc4)c4cccc5oc6ccccc6c45)cc3cc2N(c2ccccc2)c2cccc3oc4ccccc4c23)cc1. The molecule has 10 aromatic carbocycles. The molecule has 0 N–H and O–H groups in total. The highest BCUT2D eigenvalue weighted by molar-refractivity contribution is 6.16. The summed E-state index contributed by atoms with van der Waals surface area (Å²) in [5.74, 6) is 0. The molecule has 4 heteroatoms. The lowest BCUT2D eigenvalue weighted by atomic mass is 9.93. The fraction of sp³-hybridized carbons (Fsp3) is 0. The summed E-state index contributed by atoms with van der Waals surface area (Å²) in [6, 6.07) is 81.8.